The van der Waals surface area contributed by atoms with E-state index in [0.29, 0.717) is 0 Å². The maximum atomic E-state index is 3.62. The van der Waals surface area contributed by atoms with Gasteiger partial charge in [-0.05, 0) is 61.1 Å². The molecule has 1 nitrogen and oxygen atoms in total. The van der Waals surface area contributed by atoms with Crippen LogP contribution in [0.2, 0.25) is 0 Å². The number of nitrogens with one attached hydrogen (secondary N) is 1. The third-order valence-electron chi connectivity index (χ3n) is 5.78. The van der Waals surface area contributed by atoms with Crippen LogP contribution in [-0.4, -0.2) is 0 Å². The summed E-state index contributed by atoms with van der Waals surface area (Å²) >= 11 is 0. The lowest BCUT2D eigenvalue weighted by atomic mass is 10.0. The van der Waals surface area contributed by atoms with Gasteiger partial charge in [-0.25, -0.2) is 0 Å². The molecule has 2 aromatic carbocycles. The summed E-state index contributed by atoms with van der Waals surface area (Å²) in [5, 5.41) is 3.62. The molecule has 0 spiro atoms. The highest BCUT2D eigenvalue weighted by Gasteiger charge is 2.00. The lowest BCUT2D eigenvalue weighted by molar-refractivity contribution is 0.607. The lowest BCUT2D eigenvalue weighted by Crippen LogP contribution is -1.94. The third-order valence-corrected chi connectivity index (χ3v) is 5.78. The summed E-state index contributed by atoms with van der Waals surface area (Å²) in [6.07, 6.45) is 18.7. The minimum absolute atomic E-state index is 1.19. The Morgan fingerprint density at radius 1 is 0.517 bits per heavy atom. The van der Waals surface area contributed by atoms with Crippen LogP contribution in [0.1, 0.15) is 102 Å². The molecule has 0 aromatic heterocycles. The molecule has 0 fully saturated rings. The van der Waals surface area contributed by atoms with Gasteiger partial charge in [0, 0.05) is 11.4 Å². The lowest BCUT2D eigenvalue weighted by Gasteiger charge is -2.10. The summed E-state index contributed by atoms with van der Waals surface area (Å²) in [5.41, 5.74) is 5.33. The summed E-state index contributed by atoms with van der Waals surface area (Å²) in [6, 6.07) is 17.9. The number of unbranched alkanes of at least 4 members (excludes halogenated alkanes) is 10. The maximum absolute atomic E-state index is 3.62. The minimum atomic E-state index is 1.19. The van der Waals surface area contributed by atoms with E-state index in [0.717, 1.165) is 0 Å². The summed E-state index contributed by atoms with van der Waals surface area (Å²) in [5.74, 6) is 0. The number of hydrogen-bond acceptors (Lipinski definition) is 1. The van der Waals surface area contributed by atoms with Crippen LogP contribution in [0.4, 0.5) is 11.4 Å². The molecule has 2 aromatic rings. The molecule has 2 rings (SSSR count). The Hall–Kier alpha value is -1.76. The van der Waals surface area contributed by atoms with Gasteiger partial charge in [0.1, 0.15) is 0 Å². The molecular weight excluding hydrogens is 350 g/mol. The van der Waals surface area contributed by atoms with Gasteiger partial charge in [-0.3, -0.25) is 0 Å². The fraction of sp³-hybridized carbons (Fsp3) is 0.571. The highest BCUT2D eigenvalue weighted by Crippen LogP contribution is 2.21. The van der Waals surface area contributed by atoms with Crippen LogP contribution in [0, 0.1) is 0 Å². The molecule has 0 aliphatic carbocycles. The van der Waals surface area contributed by atoms with Crippen molar-refractivity contribution in [1.29, 1.82) is 0 Å². The van der Waals surface area contributed by atoms with E-state index in [1.54, 1.807) is 0 Å². The van der Waals surface area contributed by atoms with Crippen molar-refractivity contribution in [1.82, 2.24) is 0 Å². The summed E-state index contributed by atoms with van der Waals surface area (Å²) in [7, 11) is 0. The first kappa shape index (κ1) is 23.5. The van der Waals surface area contributed by atoms with Crippen molar-refractivity contribution < 1.29 is 0 Å². The van der Waals surface area contributed by atoms with Gasteiger partial charge in [0.25, 0.3) is 0 Å². The Kier molecular flexibility index (Phi) is 12.3. The molecular formula is C28H43N. The van der Waals surface area contributed by atoms with Gasteiger partial charge in [-0.2, -0.15) is 0 Å². The number of rotatable bonds is 16. The molecule has 160 valence electrons. The van der Waals surface area contributed by atoms with E-state index in [2.05, 4.69) is 67.7 Å². The molecule has 0 bridgehead atoms. The Morgan fingerprint density at radius 3 is 1.38 bits per heavy atom. The SMILES string of the molecule is CCCCCCCCc1cccc(Nc2cccc(CCCCCCCC)c2)c1. The van der Waals surface area contributed by atoms with E-state index in [9.17, 15) is 0 Å². The van der Waals surface area contributed by atoms with Crippen molar-refractivity contribution in [3.05, 3.63) is 59.7 Å². The third kappa shape index (κ3) is 10.5. The van der Waals surface area contributed by atoms with Crippen LogP contribution in [-0.2, 0) is 12.8 Å². The molecule has 0 radical (unpaired) electrons. The molecule has 1 heteroatoms. The zero-order valence-electron chi connectivity index (χ0n) is 19.0. The topological polar surface area (TPSA) is 12.0 Å². The van der Waals surface area contributed by atoms with Gasteiger partial charge in [0.2, 0.25) is 0 Å². The predicted octanol–water partition coefficient (Wildman–Crippen LogP) is 9.24. The molecule has 0 atom stereocenters. The summed E-state index contributed by atoms with van der Waals surface area (Å²) in [6.45, 7) is 4.56. The summed E-state index contributed by atoms with van der Waals surface area (Å²) in [4.78, 5) is 0. The average Bonchev–Trinajstić information content (AvgIpc) is 2.74. The molecule has 0 heterocycles. The largest absolute Gasteiger partial charge is 0.356 e. The van der Waals surface area contributed by atoms with Crippen molar-refractivity contribution in [2.75, 3.05) is 5.32 Å². The average molecular weight is 394 g/mol. The highest BCUT2D eigenvalue weighted by atomic mass is 14.9. The summed E-state index contributed by atoms with van der Waals surface area (Å²) < 4.78 is 0. The van der Waals surface area contributed by atoms with E-state index in [1.807, 2.05) is 0 Å². The highest BCUT2D eigenvalue weighted by molar-refractivity contribution is 5.61. The number of aryl methyl sites for hydroxylation is 2. The van der Waals surface area contributed by atoms with Crippen molar-refractivity contribution >= 4 is 11.4 Å². The molecule has 0 amide bonds. The standard InChI is InChI=1S/C28H43N/c1-3-5-7-9-11-13-17-25-19-15-21-27(23-25)29-28-22-16-20-26(24-28)18-14-12-10-8-6-4-2/h15-16,19-24,29H,3-14,17-18H2,1-2H3. The van der Waals surface area contributed by atoms with Gasteiger partial charge in [0.15, 0.2) is 0 Å². The van der Waals surface area contributed by atoms with Gasteiger partial charge in [-0.1, -0.05) is 102 Å². The van der Waals surface area contributed by atoms with Crippen LogP contribution >= 0.6 is 0 Å². The molecule has 0 saturated heterocycles. The number of hydrogen-bond donors (Lipinski definition) is 1. The molecule has 0 aliphatic heterocycles. The van der Waals surface area contributed by atoms with Crippen LogP contribution in [0.25, 0.3) is 0 Å². The molecule has 0 unspecified atom stereocenters. The molecule has 1 N–H and O–H groups in total. The quantitative estimate of drug-likeness (QED) is 0.280. The van der Waals surface area contributed by atoms with Gasteiger partial charge < -0.3 is 5.32 Å². The first-order valence-corrected chi connectivity index (χ1v) is 12.3. The van der Waals surface area contributed by atoms with Crippen molar-refractivity contribution in [2.24, 2.45) is 0 Å². The van der Waals surface area contributed by atoms with Crippen molar-refractivity contribution in [2.45, 2.75) is 104 Å². The van der Waals surface area contributed by atoms with E-state index in [-0.39, 0.29) is 0 Å². The smallest absolute Gasteiger partial charge is 0.0386 e. The van der Waals surface area contributed by atoms with Gasteiger partial charge in [-0.15, -0.1) is 0 Å². The Bertz CT molecular complexity index is 603. The first-order valence-electron chi connectivity index (χ1n) is 12.3. The van der Waals surface area contributed by atoms with Gasteiger partial charge in [0.05, 0.1) is 0 Å². The second-order valence-electron chi connectivity index (χ2n) is 8.56. The first-order chi connectivity index (χ1) is 14.3. The fourth-order valence-electron chi connectivity index (χ4n) is 3.99. The monoisotopic (exact) mass is 393 g/mol. The van der Waals surface area contributed by atoms with Crippen LogP contribution in [0.15, 0.2) is 48.5 Å². The number of benzene rings is 2. The van der Waals surface area contributed by atoms with Crippen LogP contribution in [0.3, 0.4) is 0 Å². The molecule has 29 heavy (non-hydrogen) atoms. The number of anilines is 2. The van der Waals surface area contributed by atoms with E-state index >= 15 is 0 Å². The van der Waals surface area contributed by atoms with Crippen LogP contribution in [0.5, 0.6) is 0 Å². The zero-order chi connectivity index (χ0) is 20.6. The van der Waals surface area contributed by atoms with E-state index < -0.39 is 0 Å². The Balaban J connectivity index is 1.76. The second kappa shape index (κ2) is 15.1. The second-order valence-corrected chi connectivity index (χ2v) is 8.56. The molecule has 0 aliphatic rings. The predicted molar refractivity (Wildman–Crippen MR) is 130 cm³/mol. The fourth-order valence-corrected chi connectivity index (χ4v) is 3.99. The maximum Gasteiger partial charge on any atom is 0.0386 e. The Morgan fingerprint density at radius 2 is 0.931 bits per heavy atom. The normalized spacial score (nSPS) is 11.0. The van der Waals surface area contributed by atoms with Crippen molar-refractivity contribution in [3.8, 4) is 0 Å². The van der Waals surface area contributed by atoms with Crippen molar-refractivity contribution in [3.63, 3.8) is 0 Å². The molecule has 0 saturated carbocycles. The minimum Gasteiger partial charge on any atom is -0.356 e. The van der Waals surface area contributed by atoms with Crippen LogP contribution < -0.4 is 5.32 Å². The van der Waals surface area contributed by atoms with E-state index in [1.165, 1.54) is 112 Å². The zero-order valence-corrected chi connectivity index (χ0v) is 19.0. The Labute approximate surface area is 180 Å². The van der Waals surface area contributed by atoms with E-state index in [4.69, 9.17) is 0 Å². The van der Waals surface area contributed by atoms with Gasteiger partial charge >= 0.3 is 0 Å².